The maximum Gasteiger partial charge on any atom is 0.255 e. The molecular weight excluding hydrogens is 332 g/mol. The minimum atomic E-state index is -0.315. The molecule has 2 N–H and O–H groups in total. The summed E-state index contributed by atoms with van der Waals surface area (Å²) in [6.07, 6.45) is 7.31. The number of hydrogen-bond acceptors (Lipinski definition) is 4. The molecule has 0 unspecified atom stereocenters. The van der Waals surface area contributed by atoms with Crippen LogP contribution in [0.1, 0.15) is 55.8 Å². The average molecular weight is 362 g/mol. The monoisotopic (exact) mass is 362 g/mol. The number of hydrogen-bond donors (Lipinski definition) is 2. The zero-order chi connectivity index (χ0) is 18.6. The summed E-state index contributed by atoms with van der Waals surface area (Å²) in [6, 6.07) is 7.00. The highest BCUT2D eigenvalue weighted by Gasteiger charge is 2.14. The van der Waals surface area contributed by atoms with Gasteiger partial charge in [-0.05, 0) is 38.3 Å². The number of amides is 2. The van der Waals surface area contributed by atoms with Crippen LogP contribution in [0.25, 0.3) is 0 Å². The minimum Gasteiger partial charge on any atom is -0.493 e. The van der Waals surface area contributed by atoms with Crippen LogP contribution in [0.3, 0.4) is 0 Å². The van der Waals surface area contributed by atoms with Crippen LogP contribution in [-0.2, 0) is 9.53 Å². The van der Waals surface area contributed by atoms with Crippen LogP contribution in [0.5, 0.6) is 5.75 Å². The van der Waals surface area contributed by atoms with E-state index in [2.05, 4.69) is 10.6 Å². The van der Waals surface area contributed by atoms with Crippen molar-refractivity contribution in [3.05, 3.63) is 29.8 Å². The number of rotatable bonds is 10. The third-order valence-corrected chi connectivity index (χ3v) is 4.39. The van der Waals surface area contributed by atoms with E-state index in [-0.39, 0.29) is 18.4 Å². The molecule has 1 aromatic carbocycles. The fraction of sp³-hybridized carbons (Fsp3) is 0.600. The van der Waals surface area contributed by atoms with Crippen molar-refractivity contribution in [1.29, 1.82) is 0 Å². The molecule has 26 heavy (non-hydrogen) atoms. The molecule has 1 aliphatic carbocycles. The van der Waals surface area contributed by atoms with E-state index in [0.717, 1.165) is 19.3 Å². The van der Waals surface area contributed by atoms with E-state index in [4.69, 9.17) is 9.47 Å². The number of carbonyl (C=O) groups is 2. The Bertz CT molecular complexity index is 571. The Morgan fingerprint density at radius 2 is 1.88 bits per heavy atom. The first-order chi connectivity index (χ1) is 12.7. The maximum absolute atomic E-state index is 12.2. The standard InChI is InChI=1S/C20H30N2O4/c1-2-25-18-12-7-6-11-17(18)20(24)22-15-19(23)21-13-8-14-26-16-9-4-3-5-10-16/h6-7,11-12,16H,2-5,8-10,13-15H2,1H3,(H,21,23)(H,22,24). The molecule has 2 rings (SSSR count). The first-order valence-corrected chi connectivity index (χ1v) is 9.59. The molecule has 0 saturated heterocycles. The Kier molecular flexibility index (Phi) is 8.96. The van der Waals surface area contributed by atoms with Crippen molar-refractivity contribution in [3.63, 3.8) is 0 Å². The van der Waals surface area contributed by atoms with Crippen LogP contribution in [-0.4, -0.2) is 44.2 Å². The lowest BCUT2D eigenvalue weighted by molar-refractivity contribution is -0.120. The average Bonchev–Trinajstić information content (AvgIpc) is 2.67. The zero-order valence-electron chi connectivity index (χ0n) is 15.6. The van der Waals surface area contributed by atoms with Crippen molar-refractivity contribution in [3.8, 4) is 5.75 Å². The Balaban J connectivity index is 1.60. The van der Waals surface area contributed by atoms with Gasteiger partial charge in [-0.25, -0.2) is 0 Å². The van der Waals surface area contributed by atoms with Crippen LogP contribution in [0.15, 0.2) is 24.3 Å². The summed E-state index contributed by atoms with van der Waals surface area (Å²) < 4.78 is 11.3. The van der Waals surface area contributed by atoms with Gasteiger partial charge in [-0.3, -0.25) is 9.59 Å². The van der Waals surface area contributed by atoms with E-state index >= 15 is 0 Å². The fourth-order valence-corrected chi connectivity index (χ4v) is 3.04. The van der Waals surface area contributed by atoms with Crippen molar-refractivity contribution in [1.82, 2.24) is 10.6 Å². The molecule has 2 amide bonds. The van der Waals surface area contributed by atoms with Gasteiger partial charge in [0.1, 0.15) is 5.75 Å². The summed E-state index contributed by atoms with van der Waals surface area (Å²) in [5.74, 6) is 0.00232. The second-order valence-corrected chi connectivity index (χ2v) is 6.45. The molecule has 1 saturated carbocycles. The summed E-state index contributed by atoms with van der Waals surface area (Å²) in [4.78, 5) is 24.1. The van der Waals surface area contributed by atoms with Crippen LogP contribution in [0, 0.1) is 0 Å². The summed E-state index contributed by atoms with van der Waals surface area (Å²) >= 11 is 0. The second-order valence-electron chi connectivity index (χ2n) is 6.45. The van der Waals surface area contributed by atoms with Gasteiger partial charge in [0.15, 0.2) is 0 Å². The lowest BCUT2D eigenvalue weighted by Crippen LogP contribution is -2.37. The number of para-hydroxylation sites is 1. The van der Waals surface area contributed by atoms with Crippen LogP contribution < -0.4 is 15.4 Å². The summed E-state index contributed by atoms with van der Waals surface area (Å²) in [7, 11) is 0. The van der Waals surface area contributed by atoms with Gasteiger partial charge in [0, 0.05) is 13.2 Å². The lowest BCUT2D eigenvalue weighted by Gasteiger charge is -2.21. The molecule has 0 atom stereocenters. The van der Waals surface area contributed by atoms with E-state index in [9.17, 15) is 9.59 Å². The smallest absolute Gasteiger partial charge is 0.255 e. The van der Waals surface area contributed by atoms with E-state index in [0.29, 0.717) is 37.2 Å². The highest BCUT2D eigenvalue weighted by atomic mass is 16.5. The number of nitrogens with one attached hydrogen (secondary N) is 2. The van der Waals surface area contributed by atoms with Crippen molar-refractivity contribution in [2.45, 2.75) is 51.6 Å². The molecular formula is C20H30N2O4. The molecule has 0 aliphatic heterocycles. The Morgan fingerprint density at radius 1 is 1.12 bits per heavy atom. The molecule has 0 aromatic heterocycles. The van der Waals surface area contributed by atoms with Gasteiger partial charge in [0.05, 0.1) is 24.8 Å². The number of ether oxygens (including phenoxy) is 2. The third-order valence-electron chi connectivity index (χ3n) is 4.39. The predicted molar refractivity (Wildman–Crippen MR) is 100 cm³/mol. The van der Waals surface area contributed by atoms with Gasteiger partial charge < -0.3 is 20.1 Å². The third kappa shape index (κ3) is 7.04. The van der Waals surface area contributed by atoms with Crippen LogP contribution in [0.2, 0.25) is 0 Å². The van der Waals surface area contributed by atoms with Gasteiger partial charge >= 0.3 is 0 Å². The highest BCUT2D eigenvalue weighted by molar-refractivity contribution is 5.98. The topological polar surface area (TPSA) is 76.7 Å². The van der Waals surface area contributed by atoms with Gasteiger partial charge in [0.25, 0.3) is 5.91 Å². The van der Waals surface area contributed by atoms with Crippen LogP contribution in [0.4, 0.5) is 0 Å². The molecule has 0 heterocycles. The molecule has 144 valence electrons. The largest absolute Gasteiger partial charge is 0.493 e. The van der Waals surface area contributed by atoms with Crippen LogP contribution >= 0.6 is 0 Å². The van der Waals surface area contributed by atoms with Gasteiger partial charge in [0.2, 0.25) is 5.91 Å². The van der Waals surface area contributed by atoms with Gasteiger partial charge in [-0.1, -0.05) is 31.4 Å². The predicted octanol–water partition coefficient (Wildman–Crippen LogP) is 2.67. The van der Waals surface area contributed by atoms with Gasteiger partial charge in [-0.15, -0.1) is 0 Å². The molecule has 0 spiro atoms. The quantitative estimate of drug-likeness (QED) is 0.628. The molecule has 1 aliphatic rings. The van der Waals surface area contributed by atoms with E-state index in [1.165, 1.54) is 19.3 Å². The summed E-state index contributed by atoms with van der Waals surface area (Å²) in [5, 5.41) is 5.43. The molecule has 6 nitrogen and oxygen atoms in total. The Labute approximate surface area is 155 Å². The Morgan fingerprint density at radius 3 is 2.65 bits per heavy atom. The SMILES string of the molecule is CCOc1ccccc1C(=O)NCC(=O)NCCCOC1CCCCC1. The second kappa shape index (κ2) is 11.5. The van der Waals surface area contributed by atoms with Crippen molar-refractivity contribution < 1.29 is 19.1 Å². The van der Waals surface area contributed by atoms with Crippen molar-refractivity contribution >= 4 is 11.8 Å². The molecule has 0 radical (unpaired) electrons. The Hall–Kier alpha value is -2.08. The normalized spacial score (nSPS) is 14.7. The molecule has 0 bridgehead atoms. The fourth-order valence-electron chi connectivity index (χ4n) is 3.04. The lowest BCUT2D eigenvalue weighted by atomic mass is 9.98. The van der Waals surface area contributed by atoms with Crippen molar-refractivity contribution in [2.24, 2.45) is 0 Å². The maximum atomic E-state index is 12.2. The first kappa shape index (κ1) is 20.2. The van der Waals surface area contributed by atoms with E-state index in [1.54, 1.807) is 18.2 Å². The highest BCUT2D eigenvalue weighted by Crippen LogP contribution is 2.20. The van der Waals surface area contributed by atoms with E-state index in [1.807, 2.05) is 13.0 Å². The first-order valence-electron chi connectivity index (χ1n) is 9.59. The summed E-state index contributed by atoms with van der Waals surface area (Å²) in [6.45, 7) is 3.51. The van der Waals surface area contributed by atoms with E-state index < -0.39 is 0 Å². The molecule has 1 fully saturated rings. The minimum absolute atomic E-state index is 0.0528. The summed E-state index contributed by atoms with van der Waals surface area (Å²) in [5.41, 5.74) is 0.433. The molecule has 6 heteroatoms. The number of benzene rings is 1. The molecule has 1 aromatic rings. The zero-order valence-corrected chi connectivity index (χ0v) is 15.6. The number of carbonyl (C=O) groups excluding carboxylic acids is 2. The van der Waals surface area contributed by atoms with Gasteiger partial charge in [-0.2, -0.15) is 0 Å². The van der Waals surface area contributed by atoms with Crippen molar-refractivity contribution in [2.75, 3.05) is 26.3 Å².